The summed E-state index contributed by atoms with van der Waals surface area (Å²) in [5.74, 6) is 0. The third-order valence-corrected chi connectivity index (χ3v) is 2.74. The summed E-state index contributed by atoms with van der Waals surface area (Å²) >= 11 is 0. The zero-order valence-corrected chi connectivity index (χ0v) is 9.30. The largest absolute Gasteiger partial charge is 0.360 e. The number of pyridine rings is 1. The third kappa shape index (κ3) is 1.97. The SMILES string of the molecule is c1ccc(-c2ccnc(-c3ccc[nH]3)c2)cc1. The first-order chi connectivity index (χ1) is 8.43. The first kappa shape index (κ1) is 9.85. The van der Waals surface area contributed by atoms with Gasteiger partial charge in [0, 0.05) is 12.4 Å². The molecule has 0 spiro atoms. The maximum Gasteiger partial charge on any atom is 0.0870 e. The van der Waals surface area contributed by atoms with Crippen LogP contribution in [0.25, 0.3) is 22.5 Å². The molecule has 1 N–H and O–H groups in total. The second kappa shape index (κ2) is 4.26. The number of nitrogens with zero attached hydrogens (tertiary/aromatic N) is 1. The lowest BCUT2D eigenvalue weighted by atomic mass is 10.1. The van der Waals surface area contributed by atoms with Crippen LogP contribution in [0.15, 0.2) is 67.0 Å². The Bertz CT molecular complexity index is 598. The number of hydrogen-bond donors (Lipinski definition) is 1. The van der Waals surface area contributed by atoms with Crippen LogP contribution < -0.4 is 0 Å². The lowest BCUT2D eigenvalue weighted by Crippen LogP contribution is -1.84. The summed E-state index contributed by atoms with van der Waals surface area (Å²) in [4.78, 5) is 7.55. The number of aromatic nitrogens is 2. The molecule has 3 aromatic rings. The molecular formula is C15H12N2. The predicted molar refractivity (Wildman–Crippen MR) is 69.5 cm³/mol. The average molecular weight is 220 g/mol. The Hall–Kier alpha value is -2.35. The first-order valence-electron chi connectivity index (χ1n) is 5.59. The summed E-state index contributed by atoms with van der Waals surface area (Å²) in [6, 6.07) is 18.5. The van der Waals surface area contributed by atoms with Crippen LogP contribution in [-0.2, 0) is 0 Å². The van der Waals surface area contributed by atoms with Gasteiger partial charge in [0.05, 0.1) is 11.4 Å². The molecule has 0 aliphatic rings. The maximum absolute atomic E-state index is 4.38. The van der Waals surface area contributed by atoms with Crippen molar-refractivity contribution in [1.82, 2.24) is 9.97 Å². The zero-order valence-electron chi connectivity index (χ0n) is 9.30. The Kier molecular flexibility index (Phi) is 2.47. The molecule has 0 radical (unpaired) electrons. The van der Waals surface area contributed by atoms with E-state index in [2.05, 4.69) is 28.2 Å². The molecular weight excluding hydrogens is 208 g/mol. The number of benzene rings is 1. The minimum absolute atomic E-state index is 0.969. The van der Waals surface area contributed by atoms with Crippen LogP contribution in [0.2, 0.25) is 0 Å². The standard InChI is InChI=1S/C15H12N2/c1-2-5-12(6-3-1)13-8-10-17-15(11-13)14-7-4-9-16-14/h1-11,16H. The molecule has 0 unspecified atom stereocenters. The van der Waals surface area contributed by atoms with E-state index < -0.39 is 0 Å². The van der Waals surface area contributed by atoms with Gasteiger partial charge in [-0.15, -0.1) is 0 Å². The lowest BCUT2D eigenvalue weighted by molar-refractivity contribution is 1.28. The normalized spacial score (nSPS) is 10.4. The second-order valence-electron chi connectivity index (χ2n) is 3.88. The highest BCUT2D eigenvalue weighted by atomic mass is 14.8. The Morgan fingerprint density at radius 1 is 0.824 bits per heavy atom. The zero-order chi connectivity index (χ0) is 11.5. The van der Waals surface area contributed by atoms with E-state index in [9.17, 15) is 0 Å². The van der Waals surface area contributed by atoms with Crippen molar-refractivity contribution in [3.05, 3.63) is 67.0 Å². The molecule has 0 amide bonds. The Morgan fingerprint density at radius 3 is 2.47 bits per heavy atom. The molecule has 0 saturated carbocycles. The summed E-state index contributed by atoms with van der Waals surface area (Å²) in [6.45, 7) is 0. The van der Waals surface area contributed by atoms with Crippen LogP contribution >= 0.6 is 0 Å². The van der Waals surface area contributed by atoms with Gasteiger partial charge >= 0.3 is 0 Å². The Labute approximate surface area is 100.0 Å². The van der Waals surface area contributed by atoms with Gasteiger partial charge in [0.25, 0.3) is 0 Å². The molecule has 0 aliphatic heterocycles. The second-order valence-corrected chi connectivity index (χ2v) is 3.88. The van der Waals surface area contributed by atoms with Crippen LogP contribution in [0.4, 0.5) is 0 Å². The van der Waals surface area contributed by atoms with Crippen LogP contribution in [0, 0.1) is 0 Å². The summed E-state index contributed by atoms with van der Waals surface area (Å²) in [6.07, 6.45) is 3.75. The molecule has 1 aromatic carbocycles. The summed E-state index contributed by atoms with van der Waals surface area (Å²) < 4.78 is 0. The molecule has 3 rings (SSSR count). The third-order valence-electron chi connectivity index (χ3n) is 2.74. The van der Waals surface area contributed by atoms with Gasteiger partial charge in [0.2, 0.25) is 0 Å². The fourth-order valence-corrected chi connectivity index (χ4v) is 1.88. The van der Waals surface area contributed by atoms with Crippen LogP contribution in [0.3, 0.4) is 0 Å². The highest BCUT2D eigenvalue weighted by molar-refractivity contribution is 5.68. The highest BCUT2D eigenvalue weighted by Gasteiger charge is 2.02. The highest BCUT2D eigenvalue weighted by Crippen LogP contribution is 2.23. The van der Waals surface area contributed by atoms with E-state index in [0.29, 0.717) is 0 Å². The van der Waals surface area contributed by atoms with Gasteiger partial charge in [0.15, 0.2) is 0 Å². The maximum atomic E-state index is 4.38. The van der Waals surface area contributed by atoms with Gasteiger partial charge in [-0.3, -0.25) is 4.98 Å². The van der Waals surface area contributed by atoms with Crippen LogP contribution in [0.5, 0.6) is 0 Å². The van der Waals surface area contributed by atoms with Crippen molar-refractivity contribution >= 4 is 0 Å². The van der Waals surface area contributed by atoms with Crippen molar-refractivity contribution in [2.75, 3.05) is 0 Å². The summed E-state index contributed by atoms with van der Waals surface area (Å²) in [5.41, 5.74) is 4.41. The molecule has 0 atom stereocenters. The number of rotatable bonds is 2. The molecule has 0 saturated heterocycles. The van der Waals surface area contributed by atoms with Crippen LogP contribution in [-0.4, -0.2) is 9.97 Å². The van der Waals surface area contributed by atoms with Crippen molar-refractivity contribution in [2.24, 2.45) is 0 Å². The predicted octanol–water partition coefficient (Wildman–Crippen LogP) is 3.74. The monoisotopic (exact) mass is 220 g/mol. The van der Waals surface area contributed by atoms with Crippen molar-refractivity contribution in [3.63, 3.8) is 0 Å². The molecule has 2 heteroatoms. The molecule has 0 aliphatic carbocycles. The van der Waals surface area contributed by atoms with E-state index in [1.807, 2.05) is 48.8 Å². The van der Waals surface area contributed by atoms with Crippen molar-refractivity contribution in [1.29, 1.82) is 0 Å². The number of hydrogen-bond acceptors (Lipinski definition) is 1. The molecule has 0 fully saturated rings. The lowest BCUT2D eigenvalue weighted by Gasteiger charge is -2.03. The average Bonchev–Trinajstić information content (AvgIpc) is 2.94. The van der Waals surface area contributed by atoms with E-state index in [0.717, 1.165) is 11.4 Å². The van der Waals surface area contributed by atoms with E-state index in [1.165, 1.54) is 11.1 Å². The molecule has 17 heavy (non-hydrogen) atoms. The van der Waals surface area contributed by atoms with Crippen molar-refractivity contribution < 1.29 is 0 Å². The van der Waals surface area contributed by atoms with E-state index in [4.69, 9.17) is 0 Å². The molecule has 0 bridgehead atoms. The van der Waals surface area contributed by atoms with Gasteiger partial charge in [-0.1, -0.05) is 30.3 Å². The Balaban J connectivity index is 2.06. The molecule has 2 aromatic heterocycles. The minimum atomic E-state index is 0.969. The van der Waals surface area contributed by atoms with Gasteiger partial charge in [0.1, 0.15) is 0 Å². The van der Waals surface area contributed by atoms with Gasteiger partial charge < -0.3 is 4.98 Å². The minimum Gasteiger partial charge on any atom is -0.360 e. The Morgan fingerprint density at radius 2 is 1.71 bits per heavy atom. The van der Waals surface area contributed by atoms with Gasteiger partial charge in [-0.2, -0.15) is 0 Å². The smallest absolute Gasteiger partial charge is 0.0870 e. The van der Waals surface area contributed by atoms with E-state index in [-0.39, 0.29) is 0 Å². The quantitative estimate of drug-likeness (QED) is 0.700. The van der Waals surface area contributed by atoms with Crippen LogP contribution in [0.1, 0.15) is 0 Å². The molecule has 2 heterocycles. The van der Waals surface area contributed by atoms with E-state index >= 15 is 0 Å². The molecule has 2 nitrogen and oxygen atoms in total. The number of H-pyrrole nitrogens is 1. The van der Waals surface area contributed by atoms with Crippen molar-refractivity contribution in [3.8, 4) is 22.5 Å². The number of nitrogens with one attached hydrogen (secondary N) is 1. The first-order valence-corrected chi connectivity index (χ1v) is 5.59. The summed E-state index contributed by atoms with van der Waals surface area (Å²) in [7, 11) is 0. The fraction of sp³-hybridized carbons (Fsp3) is 0. The van der Waals surface area contributed by atoms with Gasteiger partial charge in [-0.25, -0.2) is 0 Å². The van der Waals surface area contributed by atoms with E-state index in [1.54, 1.807) is 0 Å². The topological polar surface area (TPSA) is 28.7 Å². The number of aromatic amines is 1. The molecule has 82 valence electrons. The van der Waals surface area contributed by atoms with Crippen molar-refractivity contribution in [2.45, 2.75) is 0 Å². The fourth-order valence-electron chi connectivity index (χ4n) is 1.88. The van der Waals surface area contributed by atoms with Gasteiger partial charge in [-0.05, 0) is 35.4 Å². The summed E-state index contributed by atoms with van der Waals surface area (Å²) in [5, 5.41) is 0.